The summed E-state index contributed by atoms with van der Waals surface area (Å²) in [5.74, 6) is -0.480. The van der Waals surface area contributed by atoms with Crippen LogP contribution in [-0.4, -0.2) is 35.8 Å². The monoisotopic (exact) mass is 433 g/mol. The maximum atomic E-state index is 12.5. The first kappa shape index (κ1) is 22.8. The largest absolute Gasteiger partial charge is 0.340 e. The first-order valence-electron chi connectivity index (χ1n) is 9.08. The zero-order chi connectivity index (χ0) is 21.2. The third kappa shape index (κ3) is 7.79. The zero-order valence-corrected chi connectivity index (χ0v) is 17.9. The van der Waals surface area contributed by atoms with E-state index in [9.17, 15) is 14.4 Å². The first-order valence-corrected chi connectivity index (χ1v) is 10.9. The average molecular weight is 434 g/mol. The molecule has 3 N–H and O–H groups in total. The Balaban J connectivity index is 1.92. The highest BCUT2D eigenvalue weighted by Crippen LogP contribution is 2.10. The molecule has 0 saturated heterocycles. The number of hydrogen-bond donors (Lipinski definition) is 3. The minimum absolute atomic E-state index is 0.0998. The maximum Gasteiger partial charge on any atom is 0.260 e. The lowest BCUT2D eigenvalue weighted by atomic mass is 10.1. The summed E-state index contributed by atoms with van der Waals surface area (Å²) in [6, 6.07) is 13.3. The molecular weight excluding hydrogens is 410 g/mol. The Labute approximate surface area is 179 Å². The predicted octanol–water partition coefficient (Wildman–Crippen LogP) is 2.89. The van der Waals surface area contributed by atoms with Gasteiger partial charge < -0.3 is 5.32 Å². The Kier molecular flexibility index (Phi) is 9.02. The molecule has 29 heavy (non-hydrogen) atoms. The minimum Gasteiger partial charge on any atom is -0.340 e. The van der Waals surface area contributed by atoms with E-state index in [4.69, 9.17) is 11.6 Å². The number of nitrogens with one attached hydrogen (secondary N) is 3. The Morgan fingerprint density at radius 2 is 1.79 bits per heavy atom. The van der Waals surface area contributed by atoms with Gasteiger partial charge in [-0.3, -0.25) is 25.2 Å². The SMILES string of the molecule is CSCCC(NC(=O)c1cccc(C)c1)C(=O)NNC(=O)Cc1ccc(Cl)cc1. The second-order valence-electron chi connectivity index (χ2n) is 6.52. The number of rotatable bonds is 8. The molecule has 0 radical (unpaired) electrons. The van der Waals surface area contributed by atoms with Crippen LogP contribution >= 0.6 is 23.4 Å². The summed E-state index contributed by atoms with van der Waals surface area (Å²) in [6.07, 6.45) is 2.46. The molecule has 3 amide bonds. The van der Waals surface area contributed by atoms with Gasteiger partial charge in [0.2, 0.25) is 5.91 Å². The van der Waals surface area contributed by atoms with E-state index < -0.39 is 11.9 Å². The second kappa shape index (κ2) is 11.5. The van der Waals surface area contributed by atoms with Gasteiger partial charge in [0.15, 0.2) is 0 Å². The maximum absolute atomic E-state index is 12.5. The lowest BCUT2D eigenvalue weighted by Crippen LogP contribution is -2.52. The number of amides is 3. The van der Waals surface area contributed by atoms with Crippen LogP contribution in [0.15, 0.2) is 48.5 Å². The predicted molar refractivity (Wildman–Crippen MR) is 117 cm³/mol. The van der Waals surface area contributed by atoms with Crippen molar-refractivity contribution in [1.29, 1.82) is 0 Å². The van der Waals surface area contributed by atoms with E-state index in [0.717, 1.165) is 11.1 Å². The van der Waals surface area contributed by atoms with Gasteiger partial charge in [0.1, 0.15) is 6.04 Å². The van der Waals surface area contributed by atoms with Gasteiger partial charge in [0.25, 0.3) is 11.8 Å². The van der Waals surface area contributed by atoms with Gasteiger partial charge in [0, 0.05) is 10.6 Å². The third-order valence-electron chi connectivity index (χ3n) is 4.12. The van der Waals surface area contributed by atoms with E-state index in [2.05, 4.69) is 16.2 Å². The number of benzene rings is 2. The third-order valence-corrected chi connectivity index (χ3v) is 5.01. The standard InChI is InChI=1S/C21H24ClN3O3S/c1-14-4-3-5-16(12-14)20(27)23-18(10-11-29-2)21(28)25-24-19(26)13-15-6-8-17(22)9-7-15/h3-9,12,18H,10-11,13H2,1-2H3,(H,23,27)(H,24,26)(H,25,28). The summed E-state index contributed by atoms with van der Waals surface area (Å²) in [5, 5.41) is 3.33. The molecule has 0 aliphatic rings. The highest BCUT2D eigenvalue weighted by Gasteiger charge is 2.21. The Morgan fingerprint density at radius 1 is 1.07 bits per heavy atom. The number of aryl methyl sites for hydroxylation is 1. The molecular formula is C21H24ClN3O3S. The molecule has 6 nitrogen and oxygen atoms in total. The fraction of sp³-hybridized carbons (Fsp3) is 0.286. The molecule has 1 atom stereocenters. The van der Waals surface area contributed by atoms with Crippen LogP contribution < -0.4 is 16.2 Å². The van der Waals surface area contributed by atoms with E-state index in [0.29, 0.717) is 22.8 Å². The van der Waals surface area contributed by atoms with Gasteiger partial charge in [-0.05, 0) is 55.2 Å². The van der Waals surface area contributed by atoms with Crippen LogP contribution in [0.3, 0.4) is 0 Å². The molecule has 0 saturated carbocycles. The number of carbonyl (C=O) groups excluding carboxylic acids is 3. The summed E-state index contributed by atoms with van der Waals surface area (Å²) < 4.78 is 0. The molecule has 154 valence electrons. The molecule has 0 aromatic heterocycles. The van der Waals surface area contributed by atoms with Crippen molar-refractivity contribution >= 4 is 41.1 Å². The van der Waals surface area contributed by atoms with Gasteiger partial charge in [-0.1, -0.05) is 41.4 Å². The molecule has 8 heteroatoms. The van der Waals surface area contributed by atoms with Gasteiger partial charge in [-0.15, -0.1) is 0 Å². The molecule has 1 unspecified atom stereocenters. The van der Waals surface area contributed by atoms with Crippen molar-refractivity contribution in [1.82, 2.24) is 16.2 Å². The van der Waals surface area contributed by atoms with Crippen LogP contribution in [0.5, 0.6) is 0 Å². The van der Waals surface area contributed by atoms with Crippen LogP contribution in [0, 0.1) is 6.92 Å². The van der Waals surface area contributed by atoms with Crippen LogP contribution in [-0.2, 0) is 16.0 Å². The number of thioether (sulfide) groups is 1. The van der Waals surface area contributed by atoms with Crippen LogP contribution in [0.4, 0.5) is 0 Å². The van der Waals surface area contributed by atoms with Crippen LogP contribution in [0.2, 0.25) is 5.02 Å². The van der Waals surface area contributed by atoms with Crippen molar-refractivity contribution in [3.05, 3.63) is 70.2 Å². The quantitative estimate of drug-likeness (QED) is 0.558. The lowest BCUT2D eigenvalue weighted by Gasteiger charge is -2.18. The van der Waals surface area contributed by atoms with E-state index in [1.165, 1.54) is 0 Å². The number of halogens is 1. The number of hydrogen-bond acceptors (Lipinski definition) is 4. The second-order valence-corrected chi connectivity index (χ2v) is 7.94. The zero-order valence-electron chi connectivity index (χ0n) is 16.3. The van der Waals surface area contributed by atoms with Crippen molar-refractivity contribution in [2.45, 2.75) is 25.8 Å². The smallest absolute Gasteiger partial charge is 0.260 e. The van der Waals surface area contributed by atoms with E-state index in [1.54, 1.807) is 54.2 Å². The summed E-state index contributed by atoms with van der Waals surface area (Å²) >= 11 is 7.40. The van der Waals surface area contributed by atoms with Crippen molar-refractivity contribution in [3.63, 3.8) is 0 Å². The summed E-state index contributed by atoms with van der Waals surface area (Å²) in [6.45, 7) is 1.89. The minimum atomic E-state index is -0.758. The van der Waals surface area contributed by atoms with Crippen LogP contribution in [0.25, 0.3) is 0 Å². The van der Waals surface area contributed by atoms with Crippen LogP contribution in [0.1, 0.15) is 27.9 Å². The van der Waals surface area contributed by atoms with Gasteiger partial charge in [0.05, 0.1) is 6.42 Å². The van der Waals surface area contributed by atoms with Gasteiger partial charge >= 0.3 is 0 Å². The van der Waals surface area contributed by atoms with Crippen molar-refractivity contribution in [2.24, 2.45) is 0 Å². The molecule has 2 aromatic rings. The summed E-state index contributed by atoms with van der Waals surface area (Å²) in [5.41, 5.74) is 7.01. The topological polar surface area (TPSA) is 87.3 Å². The Morgan fingerprint density at radius 3 is 2.45 bits per heavy atom. The number of carbonyl (C=O) groups is 3. The van der Waals surface area contributed by atoms with Crippen molar-refractivity contribution < 1.29 is 14.4 Å². The molecule has 2 rings (SSSR count). The highest BCUT2D eigenvalue weighted by molar-refractivity contribution is 7.98. The summed E-state index contributed by atoms with van der Waals surface area (Å²) in [7, 11) is 0. The molecule has 0 spiro atoms. The summed E-state index contributed by atoms with van der Waals surface area (Å²) in [4.78, 5) is 37.1. The molecule has 0 bridgehead atoms. The highest BCUT2D eigenvalue weighted by atomic mass is 35.5. The van der Waals surface area contributed by atoms with Crippen molar-refractivity contribution in [3.8, 4) is 0 Å². The molecule has 0 aliphatic heterocycles. The fourth-order valence-electron chi connectivity index (χ4n) is 2.58. The number of hydrazine groups is 1. The molecule has 0 fully saturated rings. The fourth-order valence-corrected chi connectivity index (χ4v) is 3.18. The Hall–Kier alpha value is -2.51. The van der Waals surface area contributed by atoms with Crippen molar-refractivity contribution in [2.75, 3.05) is 12.0 Å². The Bertz CT molecular complexity index is 859. The van der Waals surface area contributed by atoms with E-state index >= 15 is 0 Å². The van der Waals surface area contributed by atoms with Gasteiger partial charge in [-0.25, -0.2) is 0 Å². The lowest BCUT2D eigenvalue weighted by molar-refractivity contribution is -0.129. The first-order chi connectivity index (χ1) is 13.9. The normalized spacial score (nSPS) is 11.4. The van der Waals surface area contributed by atoms with Gasteiger partial charge in [-0.2, -0.15) is 11.8 Å². The molecule has 0 aliphatic carbocycles. The van der Waals surface area contributed by atoms with E-state index in [1.807, 2.05) is 19.2 Å². The molecule has 0 heterocycles. The average Bonchev–Trinajstić information content (AvgIpc) is 2.70. The molecule has 2 aromatic carbocycles. The van der Waals surface area contributed by atoms with E-state index in [-0.39, 0.29) is 18.2 Å².